The molecule has 17 heavy (non-hydrogen) atoms. The monoisotopic (exact) mass is 236 g/mol. The van der Waals surface area contributed by atoms with E-state index in [1.807, 2.05) is 6.92 Å². The van der Waals surface area contributed by atoms with Crippen LogP contribution in [0.15, 0.2) is 28.8 Å². The summed E-state index contributed by atoms with van der Waals surface area (Å²) in [6.45, 7) is 3.60. The zero-order valence-electron chi connectivity index (χ0n) is 9.61. The van der Waals surface area contributed by atoms with E-state index in [0.29, 0.717) is 17.2 Å². The molecule has 2 rings (SSSR count). The summed E-state index contributed by atoms with van der Waals surface area (Å²) in [5, 5.41) is 3.76. The van der Waals surface area contributed by atoms with Crippen molar-refractivity contribution in [2.24, 2.45) is 0 Å². The van der Waals surface area contributed by atoms with Crippen molar-refractivity contribution in [2.45, 2.75) is 20.0 Å². The molecule has 0 spiro atoms. The first-order valence-corrected chi connectivity index (χ1v) is 5.21. The standard InChI is InChI=1S/C12H13FN2O2/c1-7-5-11(17-15-7)8(2)16-12-6-9(13)3-4-10(12)14/h3-6,8H,14H2,1-2H3/t8-/m1/s1. The molecule has 1 aromatic heterocycles. The van der Waals surface area contributed by atoms with Crippen molar-refractivity contribution in [3.8, 4) is 5.75 Å². The Morgan fingerprint density at radius 3 is 2.82 bits per heavy atom. The summed E-state index contributed by atoms with van der Waals surface area (Å²) in [6, 6.07) is 5.75. The Morgan fingerprint density at radius 1 is 1.41 bits per heavy atom. The number of nitrogen functional groups attached to an aromatic ring is 1. The average Bonchev–Trinajstić information content (AvgIpc) is 2.70. The summed E-state index contributed by atoms with van der Waals surface area (Å²) in [7, 11) is 0. The molecule has 0 aliphatic carbocycles. The predicted octanol–water partition coefficient (Wildman–Crippen LogP) is 2.84. The minimum absolute atomic E-state index is 0.298. The second-order valence-corrected chi connectivity index (χ2v) is 3.81. The molecular weight excluding hydrogens is 223 g/mol. The van der Waals surface area contributed by atoms with Gasteiger partial charge in [0.1, 0.15) is 11.6 Å². The summed E-state index contributed by atoms with van der Waals surface area (Å²) >= 11 is 0. The number of ether oxygens (including phenoxy) is 1. The minimum atomic E-state index is -0.393. The lowest BCUT2D eigenvalue weighted by Crippen LogP contribution is -2.04. The largest absolute Gasteiger partial charge is 0.480 e. The molecule has 0 unspecified atom stereocenters. The first-order chi connectivity index (χ1) is 8.06. The van der Waals surface area contributed by atoms with Crippen molar-refractivity contribution in [3.05, 3.63) is 41.5 Å². The Kier molecular flexibility index (Phi) is 2.99. The van der Waals surface area contributed by atoms with Crippen LogP contribution in [0.5, 0.6) is 5.75 Å². The quantitative estimate of drug-likeness (QED) is 0.832. The zero-order valence-corrected chi connectivity index (χ0v) is 9.61. The van der Waals surface area contributed by atoms with Gasteiger partial charge in [0, 0.05) is 12.1 Å². The van der Waals surface area contributed by atoms with Crippen molar-refractivity contribution >= 4 is 5.69 Å². The Morgan fingerprint density at radius 2 is 2.18 bits per heavy atom. The number of aryl methyl sites for hydroxylation is 1. The number of benzene rings is 1. The van der Waals surface area contributed by atoms with Crippen LogP contribution in [0.2, 0.25) is 0 Å². The van der Waals surface area contributed by atoms with Crippen LogP contribution in [0.3, 0.4) is 0 Å². The van der Waals surface area contributed by atoms with Gasteiger partial charge in [0.05, 0.1) is 11.4 Å². The summed E-state index contributed by atoms with van der Waals surface area (Å²) in [5.74, 6) is 0.480. The van der Waals surface area contributed by atoms with Crippen molar-refractivity contribution in [2.75, 3.05) is 5.73 Å². The molecule has 0 amide bonds. The van der Waals surface area contributed by atoms with Gasteiger partial charge in [-0.1, -0.05) is 5.16 Å². The van der Waals surface area contributed by atoms with E-state index in [1.165, 1.54) is 18.2 Å². The molecular formula is C12H13FN2O2. The van der Waals surface area contributed by atoms with E-state index in [4.69, 9.17) is 15.0 Å². The Balaban J connectivity index is 2.18. The molecule has 5 heteroatoms. The lowest BCUT2D eigenvalue weighted by Gasteiger charge is -2.13. The molecule has 2 N–H and O–H groups in total. The van der Waals surface area contributed by atoms with E-state index in [2.05, 4.69) is 5.16 Å². The Labute approximate surface area is 98.2 Å². The first-order valence-electron chi connectivity index (χ1n) is 5.21. The van der Waals surface area contributed by atoms with Gasteiger partial charge < -0.3 is 15.0 Å². The highest BCUT2D eigenvalue weighted by molar-refractivity contribution is 5.52. The number of rotatable bonds is 3. The van der Waals surface area contributed by atoms with Gasteiger partial charge in [0.2, 0.25) is 0 Å². The van der Waals surface area contributed by atoms with Crippen LogP contribution in [0.1, 0.15) is 24.5 Å². The van der Waals surface area contributed by atoms with Gasteiger partial charge in [0.25, 0.3) is 0 Å². The van der Waals surface area contributed by atoms with E-state index < -0.39 is 5.82 Å². The molecule has 4 nitrogen and oxygen atoms in total. The lowest BCUT2D eigenvalue weighted by atomic mass is 10.2. The molecule has 0 bridgehead atoms. The Bertz CT molecular complexity index is 525. The summed E-state index contributed by atoms with van der Waals surface area (Å²) in [6.07, 6.45) is -0.375. The second kappa shape index (κ2) is 4.45. The third-order valence-corrected chi connectivity index (χ3v) is 2.33. The predicted molar refractivity (Wildman–Crippen MR) is 61.1 cm³/mol. The van der Waals surface area contributed by atoms with Crippen LogP contribution >= 0.6 is 0 Å². The summed E-state index contributed by atoms with van der Waals surface area (Å²) in [5.41, 5.74) is 6.83. The fourth-order valence-electron chi connectivity index (χ4n) is 1.43. The first kappa shape index (κ1) is 11.4. The van der Waals surface area contributed by atoms with Gasteiger partial charge in [-0.15, -0.1) is 0 Å². The highest BCUT2D eigenvalue weighted by Crippen LogP contribution is 2.27. The van der Waals surface area contributed by atoms with Crippen molar-refractivity contribution < 1.29 is 13.7 Å². The fraction of sp³-hybridized carbons (Fsp3) is 0.250. The van der Waals surface area contributed by atoms with Gasteiger partial charge in [0.15, 0.2) is 11.9 Å². The van der Waals surface area contributed by atoms with E-state index in [1.54, 1.807) is 13.0 Å². The van der Waals surface area contributed by atoms with E-state index in [-0.39, 0.29) is 6.10 Å². The van der Waals surface area contributed by atoms with Crippen molar-refractivity contribution in [1.82, 2.24) is 5.16 Å². The molecule has 2 aromatic rings. The van der Waals surface area contributed by atoms with Crippen molar-refractivity contribution in [3.63, 3.8) is 0 Å². The number of nitrogens with two attached hydrogens (primary N) is 1. The second-order valence-electron chi connectivity index (χ2n) is 3.81. The Hall–Kier alpha value is -2.04. The van der Waals surface area contributed by atoms with Gasteiger partial charge >= 0.3 is 0 Å². The number of hydrogen-bond donors (Lipinski definition) is 1. The number of halogens is 1. The number of nitrogens with zero attached hydrogens (tertiary/aromatic N) is 1. The molecule has 1 aromatic carbocycles. The van der Waals surface area contributed by atoms with E-state index in [9.17, 15) is 4.39 Å². The molecule has 0 radical (unpaired) electrons. The topological polar surface area (TPSA) is 61.3 Å². The maximum Gasteiger partial charge on any atom is 0.177 e. The maximum atomic E-state index is 13.0. The molecule has 0 aliphatic rings. The van der Waals surface area contributed by atoms with Crippen LogP contribution in [0.25, 0.3) is 0 Å². The van der Waals surface area contributed by atoms with Crippen LogP contribution in [-0.4, -0.2) is 5.16 Å². The number of anilines is 1. The minimum Gasteiger partial charge on any atom is -0.480 e. The van der Waals surface area contributed by atoms with E-state index in [0.717, 1.165) is 5.69 Å². The lowest BCUT2D eigenvalue weighted by molar-refractivity contribution is 0.182. The smallest absolute Gasteiger partial charge is 0.177 e. The van der Waals surface area contributed by atoms with Gasteiger partial charge in [-0.3, -0.25) is 0 Å². The fourth-order valence-corrected chi connectivity index (χ4v) is 1.43. The third-order valence-electron chi connectivity index (χ3n) is 2.33. The van der Waals surface area contributed by atoms with Gasteiger partial charge in [-0.2, -0.15) is 0 Å². The highest BCUT2D eigenvalue weighted by atomic mass is 19.1. The van der Waals surface area contributed by atoms with Crippen LogP contribution < -0.4 is 10.5 Å². The van der Waals surface area contributed by atoms with E-state index >= 15 is 0 Å². The molecule has 0 saturated carbocycles. The average molecular weight is 236 g/mol. The highest BCUT2D eigenvalue weighted by Gasteiger charge is 2.14. The summed E-state index contributed by atoms with van der Waals surface area (Å²) < 4.78 is 23.6. The molecule has 90 valence electrons. The number of aromatic nitrogens is 1. The number of hydrogen-bond acceptors (Lipinski definition) is 4. The van der Waals surface area contributed by atoms with Crippen LogP contribution in [0, 0.1) is 12.7 Å². The third kappa shape index (κ3) is 2.55. The van der Waals surface area contributed by atoms with Crippen molar-refractivity contribution in [1.29, 1.82) is 0 Å². The molecule has 0 fully saturated rings. The maximum absolute atomic E-state index is 13.0. The molecule has 0 saturated heterocycles. The van der Waals surface area contributed by atoms with Crippen LogP contribution in [0.4, 0.5) is 10.1 Å². The molecule has 1 atom stereocenters. The normalized spacial score (nSPS) is 12.4. The molecule has 1 heterocycles. The summed E-state index contributed by atoms with van der Waals surface area (Å²) in [4.78, 5) is 0. The zero-order chi connectivity index (χ0) is 12.4. The SMILES string of the molecule is Cc1cc([C@@H](C)Oc2cc(F)ccc2N)on1. The van der Waals surface area contributed by atoms with Gasteiger partial charge in [-0.05, 0) is 26.0 Å². The molecule has 0 aliphatic heterocycles. The van der Waals surface area contributed by atoms with Gasteiger partial charge in [-0.25, -0.2) is 4.39 Å². The van der Waals surface area contributed by atoms with Crippen LogP contribution in [-0.2, 0) is 0 Å².